The minimum atomic E-state index is -0.106. The lowest BCUT2D eigenvalue weighted by atomic mass is 10.0. The van der Waals surface area contributed by atoms with E-state index in [4.69, 9.17) is 4.74 Å². The third kappa shape index (κ3) is 3.63. The number of rotatable bonds is 2. The van der Waals surface area contributed by atoms with Gasteiger partial charge in [-0.2, -0.15) is 0 Å². The number of nitrogens with one attached hydrogen (secondary N) is 1. The average Bonchev–Trinajstić information content (AvgIpc) is 2.70. The van der Waals surface area contributed by atoms with Gasteiger partial charge in [0.2, 0.25) is 0 Å². The molecule has 1 fully saturated rings. The fourth-order valence-corrected chi connectivity index (χ4v) is 3.22. The number of benzene rings is 1. The zero-order valence-electron chi connectivity index (χ0n) is 15.6. The fraction of sp³-hybridized carbons (Fsp3) is 0.333. The van der Waals surface area contributed by atoms with E-state index in [0.717, 1.165) is 37.6 Å². The first kappa shape index (κ1) is 18.1. The molecule has 0 saturated carbocycles. The van der Waals surface area contributed by atoms with Crippen LogP contribution in [0.5, 0.6) is 0 Å². The van der Waals surface area contributed by atoms with E-state index in [9.17, 15) is 4.79 Å². The molecule has 1 N–H and O–H groups in total. The van der Waals surface area contributed by atoms with Crippen molar-refractivity contribution in [2.75, 3.05) is 31.2 Å². The van der Waals surface area contributed by atoms with E-state index in [1.807, 2.05) is 19.9 Å². The predicted octanol–water partition coefficient (Wildman–Crippen LogP) is 3.76. The molecule has 5 heteroatoms. The van der Waals surface area contributed by atoms with Crippen molar-refractivity contribution in [1.82, 2.24) is 9.97 Å². The lowest BCUT2D eigenvalue weighted by Crippen LogP contribution is -2.36. The molecule has 1 saturated heterocycles. The predicted molar refractivity (Wildman–Crippen MR) is 107 cm³/mol. The number of aromatic nitrogens is 2. The highest BCUT2D eigenvalue weighted by Gasteiger charge is 2.14. The monoisotopic (exact) mass is 351 g/mol. The highest BCUT2D eigenvalue weighted by Crippen LogP contribution is 2.27. The van der Waals surface area contributed by atoms with Gasteiger partial charge in [-0.05, 0) is 48.4 Å². The van der Waals surface area contributed by atoms with E-state index in [1.54, 1.807) is 18.3 Å². The number of nitrogens with zero attached hydrogens (tertiary/aromatic N) is 2. The number of fused-ring (bicyclic) bond motifs is 1. The SMILES string of the molecule is CC.Cc1cc(-c2cc3ncccc3c(=O)[nH]2)ccc1N1CCOCC1. The molecule has 0 atom stereocenters. The van der Waals surface area contributed by atoms with Crippen LogP contribution in [-0.2, 0) is 4.74 Å². The molecule has 136 valence electrons. The van der Waals surface area contributed by atoms with Crippen LogP contribution in [0.15, 0.2) is 47.4 Å². The molecule has 1 aromatic carbocycles. The zero-order chi connectivity index (χ0) is 18.5. The highest BCUT2D eigenvalue weighted by atomic mass is 16.5. The molecule has 3 heterocycles. The number of H-pyrrole nitrogens is 1. The van der Waals surface area contributed by atoms with E-state index < -0.39 is 0 Å². The zero-order valence-corrected chi connectivity index (χ0v) is 15.6. The molecule has 5 nitrogen and oxygen atoms in total. The van der Waals surface area contributed by atoms with Gasteiger partial charge in [-0.1, -0.05) is 19.9 Å². The molecule has 1 aliphatic rings. The van der Waals surface area contributed by atoms with Gasteiger partial charge in [0, 0.05) is 25.0 Å². The molecule has 0 amide bonds. The van der Waals surface area contributed by atoms with Crippen LogP contribution in [0, 0.1) is 6.92 Å². The summed E-state index contributed by atoms with van der Waals surface area (Å²) in [7, 11) is 0. The molecule has 4 rings (SSSR count). The van der Waals surface area contributed by atoms with Crippen LogP contribution in [0.25, 0.3) is 22.2 Å². The van der Waals surface area contributed by atoms with Gasteiger partial charge >= 0.3 is 0 Å². The van der Waals surface area contributed by atoms with Gasteiger partial charge in [-0.3, -0.25) is 9.78 Å². The first-order valence-electron chi connectivity index (χ1n) is 9.14. The van der Waals surface area contributed by atoms with E-state index in [2.05, 4.69) is 40.0 Å². The lowest BCUT2D eigenvalue weighted by molar-refractivity contribution is 0.122. The summed E-state index contributed by atoms with van der Waals surface area (Å²) in [5, 5.41) is 0.614. The quantitative estimate of drug-likeness (QED) is 0.764. The normalized spacial score (nSPS) is 14.0. The molecular weight excluding hydrogens is 326 g/mol. The van der Waals surface area contributed by atoms with Crippen molar-refractivity contribution in [1.29, 1.82) is 0 Å². The number of hydrogen-bond donors (Lipinski definition) is 1. The van der Waals surface area contributed by atoms with Gasteiger partial charge in [0.15, 0.2) is 0 Å². The molecule has 0 bridgehead atoms. The number of morpholine rings is 1. The van der Waals surface area contributed by atoms with Crippen LogP contribution in [0.3, 0.4) is 0 Å². The van der Waals surface area contributed by atoms with E-state index in [-0.39, 0.29) is 5.56 Å². The maximum Gasteiger partial charge on any atom is 0.257 e. The summed E-state index contributed by atoms with van der Waals surface area (Å²) < 4.78 is 5.42. The maximum absolute atomic E-state index is 12.3. The second kappa shape index (κ2) is 8.15. The summed E-state index contributed by atoms with van der Waals surface area (Å²) in [5.41, 5.74) is 4.81. The second-order valence-corrected chi connectivity index (χ2v) is 6.05. The van der Waals surface area contributed by atoms with Gasteiger partial charge in [-0.25, -0.2) is 0 Å². The highest BCUT2D eigenvalue weighted by molar-refractivity contribution is 5.81. The number of hydrogen-bond acceptors (Lipinski definition) is 4. The van der Waals surface area contributed by atoms with Crippen LogP contribution in [0.4, 0.5) is 5.69 Å². The molecule has 0 unspecified atom stereocenters. The summed E-state index contributed by atoms with van der Waals surface area (Å²) >= 11 is 0. The Hall–Kier alpha value is -2.66. The number of aryl methyl sites for hydroxylation is 1. The number of ether oxygens (including phenoxy) is 1. The Balaban J connectivity index is 0.000000948. The van der Waals surface area contributed by atoms with Gasteiger partial charge in [0.05, 0.1) is 29.8 Å². The van der Waals surface area contributed by atoms with E-state index in [1.165, 1.54) is 11.3 Å². The maximum atomic E-state index is 12.3. The van der Waals surface area contributed by atoms with Crippen molar-refractivity contribution in [2.24, 2.45) is 0 Å². The molecule has 3 aromatic rings. The number of pyridine rings is 2. The molecule has 0 aliphatic carbocycles. The Kier molecular flexibility index (Phi) is 5.68. The van der Waals surface area contributed by atoms with Crippen molar-refractivity contribution >= 4 is 16.6 Å². The summed E-state index contributed by atoms with van der Waals surface area (Å²) in [6.07, 6.45) is 1.71. The molecule has 0 spiro atoms. The second-order valence-electron chi connectivity index (χ2n) is 6.05. The topological polar surface area (TPSA) is 58.2 Å². The summed E-state index contributed by atoms with van der Waals surface area (Å²) in [6.45, 7) is 9.47. The van der Waals surface area contributed by atoms with Crippen LogP contribution in [0.1, 0.15) is 19.4 Å². The fourth-order valence-electron chi connectivity index (χ4n) is 3.22. The molecular formula is C21H25N3O2. The molecule has 26 heavy (non-hydrogen) atoms. The van der Waals surface area contributed by atoms with Crippen molar-refractivity contribution in [2.45, 2.75) is 20.8 Å². The van der Waals surface area contributed by atoms with Gasteiger partial charge in [0.25, 0.3) is 5.56 Å². The largest absolute Gasteiger partial charge is 0.378 e. The van der Waals surface area contributed by atoms with Crippen LogP contribution >= 0.6 is 0 Å². The van der Waals surface area contributed by atoms with Gasteiger partial charge in [0.1, 0.15) is 0 Å². The Morgan fingerprint density at radius 3 is 2.62 bits per heavy atom. The van der Waals surface area contributed by atoms with Crippen molar-refractivity contribution in [3.8, 4) is 11.3 Å². The summed E-state index contributed by atoms with van der Waals surface area (Å²) in [6, 6.07) is 11.8. The average molecular weight is 351 g/mol. The Morgan fingerprint density at radius 2 is 1.88 bits per heavy atom. The van der Waals surface area contributed by atoms with Gasteiger partial charge < -0.3 is 14.6 Å². The van der Waals surface area contributed by atoms with Crippen LogP contribution < -0.4 is 10.5 Å². The van der Waals surface area contributed by atoms with Gasteiger partial charge in [-0.15, -0.1) is 0 Å². The van der Waals surface area contributed by atoms with Crippen molar-refractivity contribution in [3.05, 3.63) is 58.5 Å². The smallest absolute Gasteiger partial charge is 0.257 e. The standard InChI is InChI=1S/C19H19N3O2.C2H6/c1-13-11-14(4-5-18(13)22-7-9-24-10-8-22)16-12-17-15(19(23)21-16)3-2-6-20-17;1-2/h2-6,11-12H,7-10H2,1H3,(H,21,23);1-2H3. The van der Waals surface area contributed by atoms with Crippen molar-refractivity contribution in [3.63, 3.8) is 0 Å². The third-order valence-corrected chi connectivity index (χ3v) is 4.47. The van der Waals surface area contributed by atoms with E-state index in [0.29, 0.717) is 10.9 Å². The first-order chi connectivity index (χ1) is 12.7. The summed E-state index contributed by atoms with van der Waals surface area (Å²) in [4.78, 5) is 21.9. The van der Waals surface area contributed by atoms with Crippen LogP contribution in [-0.4, -0.2) is 36.3 Å². The molecule has 0 radical (unpaired) electrons. The molecule has 1 aliphatic heterocycles. The summed E-state index contributed by atoms with van der Waals surface area (Å²) in [5.74, 6) is 0. The van der Waals surface area contributed by atoms with E-state index >= 15 is 0 Å². The number of anilines is 1. The Bertz CT molecular complexity index is 943. The van der Waals surface area contributed by atoms with Crippen LogP contribution in [0.2, 0.25) is 0 Å². The Labute approximate surface area is 153 Å². The van der Waals surface area contributed by atoms with Crippen molar-refractivity contribution < 1.29 is 4.74 Å². The minimum Gasteiger partial charge on any atom is -0.378 e. The Morgan fingerprint density at radius 1 is 1.12 bits per heavy atom. The third-order valence-electron chi connectivity index (χ3n) is 4.47. The number of aromatic amines is 1. The lowest BCUT2D eigenvalue weighted by Gasteiger charge is -2.30. The minimum absolute atomic E-state index is 0.106. The first-order valence-corrected chi connectivity index (χ1v) is 9.14. The molecule has 2 aromatic heterocycles.